The summed E-state index contributed by atoms with van der Waals surface area (Å²) in [6.45, 7) is 2.67. The van der Waals surface area contributed by atoms with Crippen LogP contribution in [0.15, 0.2) is 91.1 Å². The number of nitro groups is 2. The van der Waals surface area contributed by atoms with Crippen molar-refractivity contribution in [3.63, 3.8) is 0 Å². The zero-order valence-electron chi connectivity index (χ0n) is 23.8. The normalized spacial score (nSPS) is 13.6. The Kier molecular flexibility index (Phi) is 7.73. The van der Waals surface area contributed by atoms with Crippen LogP contribution < -0.4 is 4.74 Å². The van der Waals surface area contributed by atoms with Crippen LogP contribution in [-0.4, -0.2) is 68.2 Å². The molecule has 5 aromatic rings. The lowest BCUT2D eigenvalue weighted by atomic mass is 10.1. The summed E-state index contributed by atoms with van der Waals surface area (Å²) in [4.78, 5) is 43.7. The highest BCUT2D eigenvalue weighted by Gasteiger charge is 2.25. The van der Waals surface area contributed by atoms with Gasteiger partial charge in [-0.3, -0.25) is 29.9 Å². The first-order chi connectivity index (χ1) is 21.3. The van der Waals surface area contributed by atoms with Crippen molar-refractivity contribution in [2.24, 2.45) is 0 Å². The molecular weight excluding hydrogens is 564 g/mol. The molecule has 6 rings (SSSR count). The number of nitrogens with zero attached hydrogens (tertiary/aromatic N) is 6. The summed E-state index contributed by atoms with van der Waals surface area (Å²) in [5.74, 6) is 0.500. The number of methoxy groups -OCH3 is 1. The van der Waals surface area contributed by atoms with Gasteiger partial charge in [-0.05, 0) is 53.6 Å². The molecule has 1 amide bonds. The average molecular weight is 593 g/mol. The number of hydrogen-bond acceptors (Lipinski definition) is 8. The lowest BCUT2D eigenvalue weighted by Crippen LogP contribution is -2.48. The molecule has 0 radical (unpaired) electrons. The van der Waals surface area contributed by atoms with Crippen molar-refractivity contribution < 1.29 is 19.4 Å². The molecular formula is C32H28N6O6. The summed E-state index contributed by atoms with van der Waals surface area (Å²) in [7, 11) is 1.62. The number of pyridine rings is 1. The summed E-state index contributed by atoms with van der Waals surface area (Å²) in [6, 6.07) is 23.8. The molecule has 0 aliphatic carbocycles. The van der Waals surface area contributed by atoms with Crippen LogP contribution in [0.3, 0.4) is 0 Å². The summed E-state index contributed by atoms with van der Waals surface area (Å²) < 4.78 is 7.36. The van der Waals surface area contributed by atoms with Crippen molar-refractivity contribution >= 4 is 22.9 Å². The monoisotopic (exact) mass is 592 g/mol. The highest BCUT2D eigenvalue weighted by molar-refractivity contribution is 5.95. The van der Waals surface area contributed by atoms with Gasteiger partial charge < -0.3 is 14.0 Å². The molecule has 12 nitrogen and oxygen atoms in total. The van der Waals surface area contributed by atoms with Gasteiger partial charge >= 0.3 is 0 Å². The van der Waals surface area contributed by atoms with Gasteiger partial charge in [-0.1, -0.05) is 18.2 Å². The van der Waals surface area contributed by atoms with E-state index < -0.39 is 9.85 Å². The van der Waals surface area contributed by atoms with E-state index >= 15 is 0 Å². The Hall–Kier alpha value is -5.62. The summed E-state index contributed by atoms with van der Waals surface area (Å²) in [5.41, 5.74) is 5.14. The summed E-state index contributed by atoms with van der Waals surface area (Å²) in [6.07, 6.45) is 1.95. The van der Waals surface area contributed by atoms with Crippen LogP contribution in [-0.2, 0) is 6.54 Å². The molecule has 0 unspecified atom stereocenters. The maximum absolute atomic E-state index is 13.1. The molecule has 1 aliphatic rings. The highest BCUT2D eigenvalue weighted by Crippen LogP contribution is 2.31. The summed E-state index contributed by atoms with van der Waals surface area (Å²) >= 11 is 0. The van der Waals surface area contributed by atoms with Gasteiger partial charge in [-0.15, -0.1) is 0 Å². The highest BCUT2D eigenvalue weighted by atomic mass is 16.6. The number of rotatable bonds is 8. The Morgan fingerprint density at radius 2 is 1.48 bits per heavy atom. The van der Waals surface area contributed by atoms with E-state index in [2.05, 4.69) is 4.90 Å². The number of carbonyl (C=O) groups is 1. The standard InChI is InChI=1S/C32H28N6O6/c1-44-28-11-8-22(9-12-28)31-29(36-20-25(10-13-30(36)33-31)23-4-2-6-26(18-23)37(40)41)21-34-14-16-35(17-15-34)32(39)24-5-3-7-27(19-24)38(42)43/h2-13,18-20H,14-17,21H2,1H3. The van der Waals surface area contributed by atoms with Gasteiger partial charge in [0.25, 0.3) is 17.3 Å². The van der Waals surface area contributed by atoms with Crippen molar-refractivity contribution in [3.8, 4) is 28.1 Å². The molecule has 222 valence electrons. The van der Waals surface area contributed by atoms with Gasteiger partial charge in [0.2, 0.25) is 0 Å². The maximum Gasteiger partial charge on any atom is 0.270 e. The molecule has 0 saturated carbocycles. The minimum Gasteiger partial charge on any atom is -0.497 e. The number of piperazine rings is 1. The second-order valence-electron chi connectivity index (χ2n) is 10.5. The van der Waals surface area contributed by atoms with Crippen LogP contribution in [0.25, 0.3) is 28.0 Å². The van der Waals surface area contributed by atoms with E-state index in [0.717, 1.165) is 39.5 Å². The minimum absolute atomic E-state index is 0.0184. The lowest BCUT2D eigenvalue weighted by molar-refractivity contribution is -0.385. The number of fused-ring (bicyclic) bond motifs is 1. The second-order valence-corrected chi connectivity index (χ2v) is 10.5. The molecule has 44 heavy (non-hydrogen) atoms. The van der Waals surface area contributed by atoms with Crippen molar-refractivity contribution in [2.45, 2.75) is 6.54 Å². The van der Waals surface area contributed by atoms with E-state index in [-0.39, 0.29) is 17.3 Å². The Balaban J connectivity index is 1.30. The zero-order valence-corrected chi connectivity index (χ0v) is 23.8. The second kappa shape index (κ2) is 11.9. The number of amides is 1. The Labute approximate surface area is 252 Å². The van der Waals surface area contributed by atoms with Crippen molar-refractivity contribution in [3.05, 3.63) is 123 Å². The third kappa shape index (κ3) is 5.70. The van der Waals surface area contributed by atoms with E-state index in [4.69, 9.17) is 9.72 Å². The van der Waals surface area contributed by atoms with Crippen LogP contribution in [0.2, 0.25) is 0 Å². The molecule has 0 spiro atoms. The number of aromatic nitrogens is 2. The third-order valence-electron chi connectivity index (χ3n) is 7.81. The Bertz CT molecular complexity index is 1880. The fourth-order valence-corrected chi connectivity index (χ4v) is 5.45. The number of nitro benzene ring substituents is 2. The minimum atomic E-state index is -0.505. The first kappa shape index (κ1) is 28.5. The van der Waals surface area contributed by atoms with E-state index in [9.17, 15) is 25.0 Å². The van der Waals surface area contributed by atoms with E-state index in [1.165, 1.54) is 24.3 Å². The number of carbonyl (C=O) groups excluding carboxylic acids is 1. The predicted octanol–water partition coefficient (Wildman–Crippen LogP) is 5.45. The SMILES string of the molecule is COc1ccc(-c2nc3ccc(-c4cccc([N+](=O)[O-])c4)cn3c2CN2CCN(C(=O)c3cccc([N+](=O)[O-])c3)CC2)cc1. The quantitative estimate of drug-likeness (QED) is 0.171. The topological polar surface area (TPSA) is 136 Å². The molecule has 12 heteroatoms. The van der Waals surface area contributed by atoms with Crippen LogP contribution >= 0.6 is 0 Å². The molecule has 3 heterocycles. The van der Waals surface area contributed by atoms with Crippen LogP contribution in [0.4, 0.5) is 11.4 Å². The molecule has 3 aromatic carbocycles. The molecule has 2 aromatic heterocycles. The predicted molar refractivity (Wildman–Crippen MR) is 164 cm³/mol. The Morgan fingerprint density at radius 3 is 2.16 bits per heavy atom. The number of imidazole rings is 1. The van der Waals surface area contributed by atoms with Gasteiger partial charge in [-0.2, -0.15) is 0 Å². The zero-order chi connectivity index (χ0) is 30.8. The lowest BCUT2D eigenvalue weighted by Gasteiger charge is -2.34. The maximum atomic E-state index is 13.1. The van der Waals surface area contributed by atoms with Crippen LogP contribution in [0, 0.1) is 20.2 Å². The molecule has 0 N–H and O–H groups in total. The van der Waals surface area contributed by atoms with Crippen LogP contribution in [0.5, 0.6) is 5.75 Å². The number of ether oxygens (including phenoxy) is 1. The van der Waals surface area contributed by atoms with Crippen molar-refractivity contribution in [1.82, 2.24) is 19.2 Å². The fourth-order valence-electron chi connectivity index (χ4n) is 5.45. The van der Waals surface area contributed by atoms with Crippen LogP contribution in [0.1, 0.15) is 16.1 Å². The summed E-state index contributed by atoms with van der Waals surface area (Å²) in [5, 5.41) is 22.6. The molecule has 1 fully saturated rings. The van der Waals surface area contributed by atoms with E-state index in [1.54, 1.807) is 30.2 Å². The molecule has 1 saturated heterocycles. The largest absolute Gasteiger partial charge is 0.497 e. The number of benzene rings is 3. The molecule has 0 bridgehead atoms. The number of non-ortho nitro benzene ring substituents is 2. The van der Waals surface area contributed by atoms with Gasteiger partial charge in [0.1, 0.15) is 11.4 Å². The third-order valence-corrected chi connectivity index (χ3v) is 7.81. The van der Waals surface area contributed by atoms with E-state index in [1.807, 2.05) is 53.1 Å². The first-order valence-corrected chi connectivity index (χ1v) is 14.0. The van der Waals surface area contributed by atoms with Crippen molar-refractivity contribution in [1.29, 1.82) is 0 Å². The molecule has 1 aliphatic heterocycles. The number of hydrogen-bond donors (Lipinski definition) is 0. The van der Waals surface area contributed by atoms with Gasteiger partial charge in [-0.25, -0.2) is 4.98 Å². The first-order valence-electron chi connectivity index (χ1n) is 14.0. The average Bonchev–Trinajstić information content (AvgIpc) is 3.42. The molecule has 0 atom stereocenters. The van der Waals surface area contributed by atoms with Gasteiger partial charge in [0.05, 0.1) is 28.3 Å². The fraction of sp³-hybridized carbons (Fsp3) is 0.188. The van der Waals surface area contributed by atoms with Gasteiger partial charge in [0.15, 0.2) is 0 Å². The van der Waals surface area contributed by atoms with Gasteiger partial charge in [0, 0.05) is 74.3 Å². The smallest absolute Gasteiger partial charge is 0.270 e. The van der Waals surface area contributed by atoms with E-state index in [0.29, 0.717) is 38.3 Å². The van der Waals surface area contributed by atoms with Crippen molar-refractivity contribution in [2.75, 3.05) is 33.3 Å². The Morgan fingerprint density at radius 1 is 0.818 bits per heavy atom.